The SMILES string of the molecule is CCOc1cc(/C=C2\C(=O)N(c3ccc(Cl)c(C(=O)O)c3)N=C2C)cc([N+](=O)[O-])c1O. The van der Waals surface area contributed by atoms with Gasteiger partial charge in [0.15, 0.2) is 5.75 Å². The Labute approximate surface area is 180 Å². The first-order chi connectivity index (χ1) is 14.6. The molecule has 1 heterocycles. The van der Waals surface area contributed by atoms with E-state index in [1.54, 1.807) is 13.8 Å². The third kappa shape index (κ3) is 4.19. The minimum atomic E-state index is -1.25. The number of carboxylic acid groups (broad SMARTS) is 1. The molecule has 2 N–H and O–H groups in total. The molecule has 1 aliphatic rings. The summed E-state index contributed by atoms with van der Waals surface area (Å²) >= 11 is 5.87. The lowest BCUT2D eigenvalue weighted by Gasteiger charge is -2.13. The fourth-order valence-electron chi connectivity index (χ4n) is 2.94. The summed E-state index contributed by atoms with van der Waals surface area (Å²) < 4.78 is 5.25. The normalized spacial score (nSPS) is 14.7. The van der Waals surface area contributed by atoms with Crippen molar-refractivity contribution in [2.24, 2.45) is 5.10 Å². The number of ether oxygens (including phenoxy) is 1. The number of phenols is 1. The highest BCUT2D eigenvalue weighted by Crippen LogP contribution is 2.38. The molecule has 2 aromatic rings. The van der Waals surface area contributed by atoms with Gasteiger partial charge < -0.3 is 14.9 Å². The molecule has 0 unspecified atom stereocenters. The Morgan fingerprint density at radius 1 is 1.35 bits per heavy atom. The van der Waals surface area contributed by atoms with E-state index in [0.717, 1.165) is 11.1 Å². The van der Waals surface area contributed by atoms with Crippen LogP contribution in [0.15, 0.2) is 41.0 Å². The largest absolute Gasteiger partial charge is 0.500 e. The van der Waals surface area contributed by atoms with Gasteiger partial charge in [0.1, 0.15) is 0 Å². The molecule has 0 spiro atoms. The first-order valence-corrected chi connectivity index (χ1v) is 9.30. The van der Waals surface area contributed by atoms with Crippen LogP contribution in [0.4, 0.5) is 11.4 Å². The molecule has 2 aromatic carbocycles. The number of aromatic hydroxyl groups is 1. The van der Waals surface area contributed by atoms with Gasteiger partial charge in [0.05, 0.1) is 39.1 Å². The standard InChI is InChI=1S/C20H16ClN3O7/c1-3-31-17-8-11(7-16(18(17)25)24(29)30)6-13-10(2)22-23(19(13)26)12-4-5-15(21)14(9-12)20(27)28/h4-9,25H,3H2,1-2H3,(H,27,28)/b13-6-. The number of halogens is 1. The second-order valence-electron chi connectivity index (χ2n) is 6.41. The number of carboxylic acids is 1. The zero-order valence-corrected chi connectivity index (χ0v) is 17.1. The second kappa shape index (κ2) is 8.44. The third-order valence-corrected chi connectivity index (χ3v) is 4.70. The molecule has 0 radical (unpaired) electrons. The quantitative estimate of drug-likeness (QED) is 0.390. The first-order valence-electron chi connectivity index (χ1n) is 8.92. The lowest BCUT2D eigenvalue weighted by molar-refractivity contribution is -0.386. The number of phenolic OH excluding ortho intramolecular Hbond substituents is 1. The van der Waals surface area contributed by atoms with Crippen molar-refractivity contribution in [3.05, 3.63) is 62.2 Å². The zero-order chi connectivity index (χ0) is 22.9. The van der Waals surface area contributed by atoms with Crippen molar-refractivity contribution in [2.45, 2.75) is 13.8 Å². The van der Waals surface area contributed by atoms with Crippen LogP contribution < -0.4 is 9.75 Å². The van der Waals surface area contributed by atoms with Crippen LogP contribution >= 0.6 is 11.6 Å². The number of carbonyl (C=O) groups is 2. The minimum absolute atomic E-state index is 0.0132. The van der Waals surface area contributed by atoms with E-state index in [4.69, 9.17) is 16.3 Å². The van der Waals surface area contributed by atoms with E-state index in [0.29, 0.717) is 5.71 Å². The van der Waals surface area contributed by atoms with E-state index < -0.39 is 28.2 Å². The highest BCUT2D eigenvalue weighted by Gasteiger charge is 2.30. The number of hydrogen-bond acceptors (Lipinski definition) is 7. The van der Waals surface area contributed by atoms with E-state index in [9.17, 15) is 29.9 Å². The zero-order valence-electron chi connectivity index (χ0n) is 16.3. The van der Waals surface area contributed by atoms with Crippen LogP contribution in [-0.2, 0) is 4.79 Å². The maximum atomic E-state index is 12.9. The summed E-state index contributed by atoms with van der Waals surface area (Å²) in [4.78, 5) is 34.7. The number of nitro groups is 1. The average molecular weight is 446 g/mol. The number of anilines is 1. The van der Waals surface area contributed by atoms with Gasteiger partial charge in [0, 0.05) is 6.07 Å². The molecule has 3 rings (SSSR count). The van der Waals surface area contributed by atoms with Crippen molar-refractivity contribution in [1.29, 1.82) is 0 Å². The van der Waals surface area contributed by atoms with Crippen molar-refractivity contribution in [3.63, 3.8) is 0 Å². The smallest absolute Gasteiger partial charge is 0.337 e. The van der Waals surface area contributed by atoms with Crippen molar-refractivity contribution < 1.29 is 29.5 Å². The lowest BCUT2D eigenvalue weighted by Crippen LogP contribution is -2.21. The summed E-state index contributed by atoms with van der Waals surface area (Å²) in [5, 5.41) is 35.7. The van der Waals surface area contributed by atoms with E-state index in [1.807, 2.05) is 0 Å². The molecular formula is C20H16ClN3O7. The summed E-state index contributed by atoms with van der Waals surface area (Å²) in [7, 11) is 0. The Kier molecular flexibility index (Phi) is 5.93. The number of hydrogen-bond donors (Lipinski definition) is 2. The molecule has 0 atom stereocenters. The molecule has 1 aliphatic heterocycles. The molecule has 0 bridgehead atoms. The average Bonchev–Trinajstić information content (AvgIpc) is 2.98. The highest BCUT2D eigenvalue weighted by atomic mass is 35.5. The van der Waals surface area contributed by atoms with Crippen molar-refractivity contribution >= 4 is 46.6 Å². The van der Waals surface area contributed by atoms with Crippen LogP contribution in [0.25, 0.3) is 6.08 Å². The number of carbonyl (C=O) groups excluding carboxylic acids is 1. The van der Waals surface area contributed by atoms with Crippen LogP contribution in [0.2, 0.25) is 5.02 Å². The summed E-state index contributed by atoms with van der Waals surface area (Å²) in [5.41, 5.74) is 0.127. The van der Waals surface area contributed by atoms with Crippen molar-refractivity contribution in [2.75, 3.05) is 11.6 Å². The van der Waals surface area contributed by atoms with Gasteiger partial charge in [-0.1, -0.05) is 11.6 Å². The lowest BCUT2D eigenvalue weighted by atomic mass is 10.1. The predicted molar refractivity (Wildman–Crippen MR) is 113 cm³/mol. The Balaban J connectivity index is 2.03. The van der Waals surface area contributed by atoms with Gasteiger partial charge in [-0.3, -0.25) is 14.9 Å². The minimum Gasteiger partial charge on any atom is -0.500 e. The van der Waals surface area contributed by atoms with Crippen LogP contribution in [0.5, 0.6) is 11.5 Å². The summed E-state index contributed by atoms with van der Waals surface area (Å²) in [6.07, 6.45) is 1.38. The van der Waals surface area contributed by atoms with Gasteiger partial charge in [-0.25, -0.2) is 4.79 Å². The molecule has 0 saturated carbocycles. The fraction of sp³-hybridized carbons (Fsp3) is 0.150. The number of rotatable bonds is 6. The topological polar surface area (TPSA) is 143 Å². The molecule has 11 heteroatoms. The molecule has 0 fully saturated rings. The van der Waals surface area contributed by atoms with Crippen molar-refractivity contribution in [3.8, 4) is 11.5 Å². The molecule has 31 heavy (non-hydrogen) atoms. The fourth-order valence-corrected chi connectivity index (χ4v) is 3.14. The van der Waals surface area contributed by atoms with Crippen LogP contribution in [0, 0.1) is 10.1 Å². The summed E-state index contributed by atoms with van der Waals surface area (Å²) in [5.74, 6) is -2.52. The monoisotopic (exact) mass is 445 g/mol. The Morgan fingerprint density at radius 2 is 2.06 bits per heavy atom. The second-order valence-corrected chi connectivity index (χ2v) is 6.81. The van der Waals surface area contributed by atoms with E-state index in [-0.39, 0.29) is 39.8 Å². The maximum Gasteiger partial charge on any atom is 0.337 e. The Hall–Kier alpha value is -3.92. The number of nitro benzene ring substituents is 1. The number of hydrazone groups is 1. The summed E-state index contributed by atoms with van der Waals surface area (Å²) in [6, 6.07) is 6.50. The third-order valence-electron chi connectivity index (χ3n) is 4.37. The Morgan fingerprint density at radius 3 is 2.68 bits per heavy atom. The number of benzene rings is 2. The van der Waals surface area contributed by atoms with Crippen molar-refractivity contribution in [1.82, 2.24) is 0 Å². The van der Waals surface area contributed by atoms with Gasteiger partial charge in [0.25, 0.3) is 5.91 Å². The number of nitrogens with zero attached hydrogens (tertiary/aromatic N) is 3. The predicted octanol–water partition coefficient (Wildman–Crippen LogP) is 3.86. The van der Waals surface area contributed by atoms with E-state index >= 15 is 0 Å². The highest BCUT2D eigenvalue weighted by molar-refractivity contribution is 6.34. The summed E-state index contributed by atoms with van der Waals surface area (Å²) in [6.45, 7) is 3.39. The van der Waals surface area contributed by atoms with Gasteiger partial charge >= 0.3 is 11.7 Å². The number of amides is 1. The Bertz CT molecular complexity index is 1170. The van der Waals surface area contributed by atoms with Crippen LogP contribution in [-0.4, -0.2) is 39.3 Å². The molecule has 1 amide bonds. The van der Waals surface area contributed by atoms with Gasteiger partial charge in [-0.05, 0) is 49.8 Å². The molecule has 0 aliphatic carbocycles. The molecule has 0 aromatic heterocycles. The van der Waals surface area contributed by atoms with E-state index in [1.165, 1.54) is 30.3 Å². The van der Waals surface area contributed by atoms with Crippen LogP contribution in [0.3, 0.4) is 0 Å². The van der Waals surface area contributed by atoms with E-state index in [2.05, 4.69) is 5.10 Å². The maximum absolute atomic E-state index is 12.9. The number of aromatic carboxylic acids is 1. The molecule has 0 saturated heterocycles. The molecule has 160 valence electrons. The first kappa shape index (κ1) is 21.8. The molecule has 10 nitrogen and oxygen atoms in total. The van der Waals surface area contributed by atoms with Gasteiger partial charge in [-0.15, -0.1) is 0 Å². The van der Waals surface area contributed by atoms with Gasteiger partial charge in [0.2, 0.25) is 5.75 Å². The van der Waals surface area contributed by atoms with Gasteiger partial charge in [-0.2, -0.15) is 10.1 Å². The molecular weight excluding hydrogens is 430 g/mol. The van der Waals surface area contributed by atoms with Crippen LogP contribution in [0.1, 0.15) is 29.8 Å².